The molecule has 12 heavy (non-hydrogen) atoms. The third kappa shape index (κ3) is 59.1. The number of rotatable bonds is 2. The summed E-state index contributed by atoms with van der Waals surface area (Å²) in [5.41, 5.74) is 0. The van der Waals surface area contributed by atoms with E-state index in [4.69, 9.17) is 19.8 Å². The maximum absolute atomic E-state index is 10.5. The second-order valence-corrected chi connectivity index (χ2v) is 1.05. The average Bonchev–Trinajstić information content (AvgIpc) is 1.89. The monoisotopic (exact) mass is 237 g/mol. The van der Waals surface area contributed by atoms with Gasteiger partial charge in [0, 0.05) is 17.1 Å². The Balaban J connectivity index is -0.0000000457. The number of carboxylic acid groups (broad SMARTS) is 2. The molecule has 0 saturated heterocycles. The van der Waals surface area contributed by atoms with E-state index >= 15 is 0 Å². The maximum Gasteiger partial charge on any atom is 0.335 e. The molecule has 0 bridgehead atoms. The molecule has 0 unspecified atom stereocenters. The van der Waals surface area contributed by atoms with Gasteiger partial charge in [-0.05, 0) is 0 Å². The van der Waals surface area contributed by atoms with Crippen molar-refractivity contribution in [1.82, 2.24) is 0 Å². The Morgan fingerprint density at radius 2 is 1.08 bits per heavy atom. The van der Waals surface area contributed by atoms with Gasteiger partial charge in [0.15, 0.2) is 13.3 Å². The van der Waals surface area contributed by atoms with Gasteiger partial charge in [0.25, 0.3) is 0 Å². The summed E-state index contributed by atoms with van der Waals surface area (Å²) in [6.45, 7) is -2.56. The van der Waals surface area contributed by atoms with Crippen LogP contribution < -0.4 is 0 Å². The Morgan fingerprint density at radius 3 is 1.08 bits per heavy atom. The number of alkyl halides is 2. The Kier molecular flexibility index (Phi) is 31.3. The minimum Gasteiger partial charge on any atom is -0.479 e. The fraction of sp³-hybridized carbons (Fsp3) is 0.500. The molecule has 0 aliphatic rings. The van der Waals surface area contributed by atoms with Crippen molar-refractivity contribution in [3.05, 3.63) is 0 Å². The van der Waals surface area contributed by atoms with Crippen molar-refractivity contribution >= 4 is 11.9 Å². The summed E-state index contributed by atoms with van der Waals surface area (Å²) in [7, 11) is 0. The number of hydrogen-bond acceptors (Lipinski definition) is 2. The van der Waals surface area contributed by atoms with Gasteiger partial charge in [-0.2, -0.15) is 0 Å². The van der Waals surface area contributed by atoms with Crippen molar-refractivity contribution < 1.29 is 51.1 Å². The summed E-state index contributed by atoms with van der Waals surface area (Å²) < 4.78 is 21.0. The second kappa shape index (κ2) is 16.7. The molecule has 0 aliphatic carbocycles. The molecule has 0 rings (SSSR count). The zero-order chi connectivity index (χ0) is 8.57. The summed E-state index contributed by atoms with van der Waals surface area (Å²) in [6, 6.07) is 0. The topological polar surface area (TPSA) is 106 Å². The van der Waals surface area contributed by atoms with Gasteiger partial charge in [-0.15, -0.1) is 0 Å². The smallest absolute Gasteiger partial charge is 0.335 e. The van der Waals surface area contributed by atoms with Gasteiger partial charge in [0.2, 0.25) is 0 Å². The van der Waals surface area contributed by atoms with E-state index in [1.165, 1.54) is 0 Å². The van der Waals surface area contributed by atoms with Crippen LogP contribution in [0.5, 0.6) is 0 Å². The van der Waals surface area contributed by atoms with Crippen LogP contribution in [0.1, 0.15) is 0 Å². The van der Waals surface area contributed by atoms with E-state index in [0.29, 0.717) is 0 Å². The van der Waals surface area contributed by atoms with Gasteiger partial charge in [-0.25, -0.2) is 18.4 Å². The van der Waals surface area contributed by atoms with Gasteiger partial charge in [0.1, 0.15) is 0 Å². The van der Waals surface area contributed by atoms with Crippen LogP contribution in [0.25, 0.3) is 0 Å². The molecule has 5 nitrogen and oxygen atoms in total. The molecule has 1 radical (unpaired) electrons. The van der Waals surface area contributed by atoms with Crippen molar-refractivity contribution in [1.29, 1.82) is 0 Å². The standard InChI is InChI=1S/2C2H3FO2.Cu.H2O/c2*3-1-2(4)5;;/h2*1H2,(H,4,5);;1H2. The molecule has 0 saturated carbocycles. The van der Waals surface area contributed by atoms with Gasteiger partial charge in [0.05, 0.1) is 0 Å². The summed E-state index contributed by atoms with van der Waals surface area (Å²) in [4.78, 5) is 18.0. The number of halogens is 2. The molecule has 0 aromatic carbocycles. The Bertz CT molecular complexity index is 106. The molecular weight excluding hydrogens is 230 g/mol. The zero-order valence-corrected chi connectivity index (χ0v) is 6.62. The third-order valence-corrected chi connectivity index (χ3v) is 0.229. The van der Waals surface area contributed by atoms with Crippen LogP contribution in [-0.4, -0.2) is 41.0 Å². The van der Waals surface area contributed by atoms with Crippen molar-refractivity contribution in [3.63, 3.8) is 0 Å². The molecule has 0 aliphatic heterocycles. The third-order valence-electron chi connectivity index (χ3n) is 0.229. The summed E-state index contributed by atoms with van der Waals surface area (Å²) in [6.07, 6.45) is 0. The van der Waals surface area contributed by atoms with Gasteiger partial charge in [-0.1, -0.05) is 0 Å². The fourth-order valence-electron chi connectivity index (χ4n) is 0. The van der Waals surface area contributed by atoms with Crippen LogP contribution in [0.2, 0.25) is 0 Å². The van der Waals surface area contributed by atoms with E-state index in [-0.39, 0.29) is 22.5 Å². The molecule has 8 heteroatoms. The average molecular weight is 238 g/mol. The molecule has 0 atom stereocenters. The molecular formula is C4H8CuF2O5. The van der Waals surface area contributed by atoms with Gasteiger partial charge in [-0.3, -0.25) is 0 Å². The Labute approximate surface area is 77.2 Å². The second-order valence-electron chi connectivity index (χ2n) is 1.05. The number of carboxylic acids is 2. The van der Waals surface area contributed by atoms with Crippen LogP contribution in [-0.2, 0) is 26.7 Å². The molecule has 0 aromatic rings. The fourth-order valence-corrected chi connectivity index (χ4v) is 0. The first kappa shape index (κ1) is 22.5. The number of carbonyl (C=O) groups is 2. The maximum atomic E-state index is 10.5. The number of hydrogen-bond donors (Lipinski definition) is 2. The Morgan fingerprint density at radius 1 is 1.00 bits per heavy atom. The summed E-state index contributed by atoms with van der Waals surface area (Å²) in [5, 5.41) is 14.7. The van der Waals surface area contributed by atoms with Gasteiger partial charge >= 0.3 is 11.9 Å². The molecule has 4 N–H and O–H groups in total. The first-order valence-corrected chi connectivity index (χ1v) is 2.10. The van der Waals surface area contributed by atoms with Crippen LogP contribution in [0, 0.1) is 0 Å². The predicted octanol–water partition coefficient (Wildman–Crippen LogP) is -0.746. The van der Waals surface area contributed by atoms with Crippen LogP contribution >= 0.6 is 0 Å². The molecule has 79 valence electrons. The van der Waals surface area contributed by atoms with E-state index in [9.17, 15) is 8.78 Å². The van der Waals surface area contributed by atoms with Crippen molar-refractivity contribution in [2.75, 3.05) is 13.3 Å². The van der Waals surface area contributed by atoms with Crippen LogP contribution in [0.15, 0.2) is 0 Å². The van der Waals surface area contributed by atoms with Gasteiger partial charge < -0.3 is 15.7 Å². The SMILES string of the molecule is O.O=C(O)CF.O=C(O)CF.[Cu]. The Hall–Kier alpha value is -0.721. The molecule has 0 amide bonds. The van der Waals surface area contributed by atoms with E-state index in [0.717, 1.165) is 0 Å². The van der Waals surface area contributed by atoms with E-state index < -0.39 is 25.3 Å². The molecule has 0 heterocycles. The van der Waals surface area contributed by atoms with E-state index in [1.54, 1.807) is 0 Å². The van der Waals surface area contributed by atoms with Crippen LogP contribution in [0.3, 0.4) is 0 Å². The summed E-state index contributed by atoms with van der Waals surface area (Å²) >= 11 is 0. The van der Waals surface area contributed by atoms with Crippen molar-refractivity contribution in [2.45, 2.75) is 0 Å². The van der Waals surface area contributed by atoms with E-state index in [2.05, 4.69) is 0 Å². The first-order valence-electron chi connectivity index (χ1n) is 2.10. The van der Waals surface area contributed by atoms with Crippen LogP contribution in [0.4, 0.5) is 8.78 Å². The minimum absolute atomic E-state index is 0. The molecule has 0 fully saturated rings. The molecule has 0 aromatic heterocycles. The quantitative estimate of drug-likeness (QED) is 0.617. The van der Waals surface area contributed by atoms with Crippen molar-refractivity contribution in [2.24, 2.45) is 0 Å². The number of aliphatic carboxylic acids is 2. The predicted molar refractivity (Wildman–Crippen MR) is 30.8 cm³/mol. The normalized spacial score (nSPS) is 6.17. The summed E-state index contributed by atoms with van der Waals surface area (Å²) in [5.74, 6) is -2.82. The zero-order valence-electron chi connectivity index (χ0n) is 5.68. The van der Waals surface area contributed by atoms with Crippen molar-refractivity contribution in [3.8, 4) is 0 Å². The largest absolute Gasteiger partial charge is 0.479 e. The van der Waals surface area contributed by atoms with E-state index in [1.807, 2.05) is 0 Å². The minimum atomic E-state index is -1.41. The molecule has 0 spiro atoms. The first-order chi connectivity index (χ1) is 4.54.